The molecular formula is C27H31FN2O3S. The Labute approximate surface area is 204 Å². The number of aliphatic carboxylic acids is 1. The Kier molecular flexibility index (Phi) is 8.06. The fourth-order valence-electron chi connectivity index (χ4n) is 4.85. The normalized spacial score (nSPS) is 18.2. The highest BCUT2D eigenvalue weighted by Crippen LogP contribution is 2.40. The van der Waals surface area contributed by atoms with E-state index in [4.69, 9.17) is 14.9 Å². The van der Waals surface area contributed by atoms with E-state index in [1.165, 1.54) is 0 Å². The summed E-state index contributed by atoms with van der Waals surface area (Å²) in [4.78, 5) is 10.7. The Morgan fingerprint density at radius 1 is 1.12 bits per heavy atom. The standard InChI is InChI=1S/C27H31FN2O3S/c1-18-12-22(14-23(28)13-18)25-26(21-6-4-3-5-7-21)29-30(27(25)34-2)15-19-8-10-20(11-9-19)16-33-17-24(31)32/h3-7,12-14,19-20H,8-11,15-17H2,1-2H3,(H,31,32)/t19-,20+. The third-order valence-corrected chi connectivity index (χ3v) is 7.26. The topological polar surface area (TPSA) is 64.4 Å². The van der Waals surface area contributed by atoms with Crippen molar-refractivity contribution in [2.24, 2.45) is 11.8 Å². The average molecular weight is 483 g/mol. The van der Waals surface area contributed by atoms with Gasteiger partial charge in [-0.05, 0) is 74.0 Å². The van der Waals surface area contributed by atoms with Gasteiger partial charge < -0.3 is 9.84 Å². The van der Waals surface area contributed by atoms with Gasteiger partial charge in [0.15, 0.2) is 0 Å². The van der Waals surface area contributed by atoms with E-state index in [1.54, 1.807) is 23.9 Å². The Balaban J connectivity index is 1.59. The van der Waals surface area contributed by atoms with Gasteiger partial charge in [-0.3, -0.25) is 4.68 Å². The number of halogens is 1. The number of hydrogen-bond donors (Lipinski definition) is 1. The third kappa shape index (κ3) is 5.88. The molecule has 1 aliphatic carbocycles. The van der Waals surface area contributed by atoms with Crippen LogP contribution >= 0.6 is 11.8 Å². The smallest absolute Gasteiger partial charge is 0.329 e. The number of carboxylic acid groups (broad SMARTS) is 1. The number of ether oxygens (including phenoxy) is 1. The first-order valence-corrected chi connectivity index (χ1v) is 12.9. The minimum atomic E-state index is -0.921. The highest BCUT2D eigenvalue weighted by Gasteiger charge is 2.26. The molecule has 0 radical (unpaired) electrons. The summed E-state index contributed by atoms with van der Waals surface area (Å²) in [7, 11) is 0. The van der Waals surface area contributed by atoms with Gasteiger partial charge in [-0.25, -0.2) is 9.18 Å². The van der Waals surface area contributed by atoms with E-state index in [2.05, 4.69) is 23.1 Å². The fraction of sp³-hybridized carbons (Fsp3) is 0.407. The van der Waals surface area contributed by atoms with Crippen molar-refractivity contribution in [2.75, 3.05) is 19.5 Å². The molecule has 0 aliphatic heterocycles. The average Bonchev–Trinajstić information content (AvgIpc) is 3.18. The van der Waals surface area contributed by atoms with Gasteiger partial charge in [0.1, 0.15) is 23.1 Å². The number of aryl methyl sites for hydroxylation is 1. The summed E-state index contributed by atoms with van der Waals surface area (Å²) in [5.74, 6) is -0.251. The first kappa shape index (κ1) is 24.5. The maximum Gasteiger partial charge on any atom is 0.329 e. The molecule has 0 unspecified atom stereocenters. The van der Waals surface area contributed by atoms with E-state index in [0.717, 1.165) is 65.2 Å². The molecule has 1 heterocycles. The molecule has 7 heteroatoms. The lowest BCUT2D eigenvalue weighted by Crippen LogP contribution is -2.23. The van der Waals surface area contributed by atoms with Gasteiger partial charge in [-0.15, -0.1) is 11.8 Å². The van der Waals surface area contributed by atoms with Crippen LogP contribution in [0.2, 0.25) is 0 Å². The molecule has 0 amide bonds. The summed E-state index contributed by atoms with van der Waals surface area (Å²) in [5.41, 5.74) is 4.62. The van der Waals surface area contributed by atoms with E-state index >= 15 is 0 Å². The number of carboxylic acids is 1. The number of nitrogens with zero attached hydrogens (tertiary/aromatic N) is 2. The summed E-state index contributed by atoms with van der Waals surface area (Å²) in [6.45, 7) is 3.01. The largest absolute Gasteiger partial charge is 0.480 e. The second-order valence-electron chi connectivity index (χ2n) is 9.09. The fourth-order valence-corrected chi connectivity index (χ4v) is 5.60. The zero-order chi connectivity index (χ0) is 24.1. The van der Waals surface area contributed by atoms with Crippen LogP contribution in [0, 0.1) is 24.6 Å². The van der Waals surface area contributed by atoms with Gasteiger partial charge in [-0.1, -0.05) is 36.4 Å². The lowest BCUT2D eigenvalue weighted by atomic mass is 9.82. The van der Waals surface area contributed by atoms with Gasteiger partial charge in [-0.2, -0.15) is 5.10 Å². The lowest BCUT2D eigenvalue weighted by Gasteiger charge is -2.28. The highest BCUT2D eigenvalue weighted by molar-refractivity contribution is 7.98. The van der Waals surface area contributed by atoms with Crippen LogP contribution < -0.4 is 0 Å². The minimum absolute atomic E-state index is 0.227. The second kappa shape index (κ2) is 11.2. The zero-order valence-corrected chi connectivity index (χ0v) is 20.5. The molecule has 34 heavy (non-hydrogen) atoms. The number of aromatic nitrogens is 2. The van der Waals surface area contributed by atoms with Gasteiger partial charge >= 0.3 is 5.97 Å². The molecule has 0 bridgehead atoms. The summed E-state index contributed by atoms with van der Waals surface area (Å²) >= 11 is 1.65. The quantitative estimate of drug-likeness (QED) is 0.363. The molecule has 2 aromatic carbocycles. The first-order chi connectivity index (χ1) is 16.4. The van der Waals surface area contributed by atoms with Crippen LogP contribution in [0.1, 0.15) is 31.2 Å². The van der Waals surface area contributed by atoms with E-state index in [-0.39, 0.29) is 12.4 Å². The van der Waals surface area contributed by atoms with Crippen molar-refractivity contribution in [1.29, 1.82) is 0 Å². The number of rotatable bonds is 9. The van der Waals surface area contributed by atoms with Gasteiger partial charge in [0.05, 0.1) is 6.61 Å². The highest BCUT2D eigenvalue weighted by atomic mass is 32.2. The number of benzene rings is 2. The second-order valence-corrected chi connectivity index (χ2v) is 9.89. The van der Waals surface area contributed by atoms with Crippen molar-refractivity contribution < 1.29 is 19.0 Å². The Morgan fingerprint density at radius 3 is 2.47 bits per heavy atom. The van der Waals surface area contributed by atoms with Gasteiger partial charge in [0.25, 0.3) is 0 Å². The van der Waals surface area contributed by atoms with Crippen molar-refractivity contribution in [3.05, 3.63) is 59.9 Å². The van der Waals surface area contributed by atoms with Crippen molar-refractivity contribution in [3.8, 4) is 22.4 Å². The predicted octanol–water partition coefficient (Wildman–Crippen LogP) is 6.29. The Morgan fingerprint density at radius 2 is 1.82 bits per heavy atom. The van der Waals surface area contributed by atoms with Crippen LogP contribution in [-0.4, -0.2) is 40.3 Å². The van der Waals surface area contributed by atoms with Crippen molar-refractivity contribution in [3.63, 3.8) is 0 Å². The number of hydrogen-bond acceptors (Lipinski definition) is 4. The molecule has 4 rings (SSSR count). The van der Waals surface area contributed by atoms with E-state index in [9.17, 15) is 9.18 Å². The molecule has 1 aromatic heterocycles. The van der Waals surface area contributed by atoms with Crippen LogP contribution in [-0.2, 0) is 16.1 Å². The third-order valence-electron chi connectivity index (χ3n) is 6.45. The van der Waals surface area contributed by atoms with Crippen molar-refractivity contribution in [1.82, 2.24) is 9.78 Å². The molecule has 0 spiro atoms. The molecule has 0 atom stereocenters. The minimum Gasteiger partial charge on any atom is -0.480 e. The van der Waals surface area contributed by atoms with Crippen molar-refractivity contribution >= 4 is 17.7 Å². The molecule has 1 fully saturated rings. The van der Waals surface area contributed by atoms with Gasteiger partial charge in [0.2, 0.25) is 0 Å². The molecule has 0 saturated heterocycles. The molecule has 180 valence electrons. The van der Waals surface area contributed by atoms with Crippen molar-refractivity contribution in [2.45, 2.75) is 44.2 Å². The van der Waals surface area contributed by atoms with Crippen LogP contribution in [0.4, 0.5) is 4.39 Å². The number of thioether (sulfide) groups is 1. The van der Waals surface area contributed by atoms with Crippen LogP contribution in [0.15, 0.2) is 53.6 Å². The van der Waals surface area contributed by atoms with E-state index in [1.807, 2.05) is 31.2 Å². The maximum absolute atomic E-state index is 14.4. The van der Waals surface area contributed by atoms with E-state index in [0.29, 0.717) is 18.4 Å². The molecule has 1 saturated carbocycles. The zero-order valence-electron chi connectivity index (χ0n) is 19.7. The summed E-state index contributed by atoms with van der Waals surface area (Å²) in [5, 5.41) is 14.9. The summed E-state index contributed by atoms with van der Waals surface area (Å²) < 4.78 is 21.8. The van der Waals surface area contributed by atoms with Crippen LogP contribution in [0.5, 0.6) is 0 Å². The molecular weight excluding hydrogens is 451 g/mol. The first-order valence-electron chi connectivity index (χ1n) is 11.7. The molecule has 5 nitrogen and oxygen atoms in total. The predicted molar refractivity (Wildman–Crippen MR) is 133 cm³/mol. The Hall–Kier alpha value is -2.64. The van der Waals surface area contributed by atoms with Crippen LogP contribution in [0.25, 0.3) is 22.4 Å². The lowest BCUT2D eigenvalue weighted by molar-refractivity contribution is -0.142. The molecule has 1 N–H and O–H groups in total. The Bertz CT molecular complexity index is 1100. The maximum atomic E-state index is 14.4. The van der Waals surface area contributed by atoms with Gasteiger partial charge in [0, 0.05) is 17.7 Å². The van der Waals surface area contributed by atoms with E-state index < -0.39 is 5.97 Å². The monoisotopic (exact) mass is 482 g/mol. The molecule has 1 aliphatic rings. The SMILES string of the molecule is CSc1c(-c2cc(C)cc(F)c2)c(-c2ccccc2)nn1C[C@H]1CC[C@@H](COCC(=O)O)CC1. The summed E-state index contributed by atoms with van der Waals surface area (Å²) in [6, 6.07) is 15.3. The molecule has 3 aromatic rings. The number of carbonyl (C=O) groups is 1. The summed E-state index contributed by atoms with van der Waals surface area (Å²) in [6.07, 6.45) is 6.23. The van der Waals surface area contributed by atoms with Crippen LogP contribution in [0.3, 0.4) is 0 Å².